The molecule has 5 nitrogen and oxygen atoms in total. The SMILES string of the molecule is c1ccc(-c2cccc(-c3nc(-c4ccccc4)nc(-n4c5ccccc5c5ccc6c7ccccc7n(-c7cccc8c9ccccc9c9ccccc9c78)c6c54)n3)c2)cc1. The first-order valence-corrected chi connectivity index (χ1v) is 21.0. The van der Waals surface area contributed by atoms with Crippen molar-refractivity contribution < 1.29 is 0 Å². The Morgan fingerprint density at radius 1 is 0.274 bits per heavy atom. The number of para-hydroxylation sites is 2. The molecule has 0 spiro atoms. The van der Waals surface area contributed by atoms with Gasteiger partial charge in [-0.15, -0.1) is 0 Å². The maximum absolute atomic E-state index is 5.43. The first-order chi connectivity index (χ1) is 30.8. The van der Waals surface area contributed by atoms with Crippen molar-refractivity contribution >= 4 is 75.9 Å². The minimum atomic E-state index is 0.559. The van der Waals surface area contributed by atoms with Crippen LogP contribution < -0.4 is 0 Å². The van der Waals surface area contributed by atoms with E-state index in [1.54, 1.807) is 0 Å². The van der Waals surface area contributed by atoms with E-state index in [4.69, 9.17) is 15.0 Å². The summed E-state index contributed by atoms with van der Waals surface area (Å²) in [5.41, 5.74) is 9.50. The predicted molar refractivity (Wildman–Crippen MR) is 257 cm³/mol. The van der Waals surface area contributed by atoms with Gasteiger partial charge in [-0.2, -0.15) is 9.97 Å². The fraction of sp³-hybridized carbons (Fsp3) is 0. The molecule has 0 amide bonds. The Morgan fingerprint density at radius 2 is 0.710 bits per heavy atom. The molecule has 3 aromatic heterocycles. The maximum Gasteiger partial charge on any atom is 0.238 e. The van der Waals surface area contributed by atoms with Crippen LogP contribution in [-0.4, -0.2) is 24.1 Å². The molecule has 0 radical (unpaired) electrons. The van der Waals surface area contributed by atoms with Gasteiger partial charge in [0, 0.05) is 38.1 Å². The van der Waals surface area contributed by atoms with Gasteiger partial charge in [-0.25, -0.2) is 4.98 Å². The van der Waals surface area contributed by atoms with Crippen LogP contribution in [0.3, 0.4) is 0 Å². The number of hydrogen-bond acceptors (Lipinski definition) is 3. The molecule has 0 saturated heterocycles. The highest BCUT2D eigenvalue weighted by Gasteiger charge is 2.25. The number of aromatic nitrogens is 5. The molecule has 0 bridgehead atoms. The van der Waals surface area contributed by atoms with Gasteiger partial charge in [-0.3, -0.25) is 4.57 Å². The molecule has 10 aromatic carbocycles. The maximum atomic E-state index is 5.43. The summed E-state index contributed by atoms with van der Waals surface area (Å²) < 4.78 is 4.77. The van der Waals surface area contributed by atoms with E-state index < -0.39 is 0 Å². The lowest BCUT2D eigenvalue weighted by atomic mass is 9.93. The Balaban J connectivity index is 1.18. The van der Waals surface area contributed by atoms with Gasteiger partial charge < -0.3 is 4.57 Å². The fourth-order valence-corrected chi connectivity index (χ4v) is 9.86. The summed E-state index contributed by atoms with van der Waals surface area (Å²) in [5, 5.41) is 12.0. The highest BCUT2D eigenvalue weighted by Crippen LogP contribution is 2.45. The van der Waals surface area contributed by atoms with Crippen LogP contribution in [0, 0.1) is 0 Å². The number of benzene rings is 10. The van der Waals surface area contributed by atoms with E-state index in [2.05, 4.69) is 197 Å². The Kier molecular flexibility index (Phi) is 7.54. The van der Waals surface area contributed by atoms with Crippen molar-refractivity contribution in [2.75, 3.05) is 0 Å². The fourth-order valence-electron chi connectivity index (χ4n) is 9.86. The smallest absolute Gasteiger partial charge is 0.238 e. The van der Waals surface area contributed by atoms with Gasteiger partial charge in [-0.1, -0.05) is 188 Å². The van der Waals surface area contributed by atoms with E-state index in [9.17, 15) is 0 Å². The molecule has 0 N–H and O–H groups in total. The molecule has 0 atom stereocenters. The standard InChI is InChI=1S/C57H35N5/c1-3-17-36(18-4-1)38-21-15-22-39(35-38)56-58-55(37-19-5-2-6-20-37)59-57(60-56)62-50-31-14-12-27-44(50)48-34-33-47-43-26-11-13-30-49(43)61(53(47)54(48)62)51-32-16-29-46-42-24-8-7-23-40(42)41-25-9-10-28-45(41)52(46)51/h1-35H. The molecule has 0 aliphatic rings. The predicted octanol–water partition coefficient (Wildman–Crippen LogP) is 14.5. The Bertz CT molecular complexity index is 3870. The highest BCUT2D eigenvalue weighted by atomic mass is 15.2. The van der Waals surface area contributed by atoms with Gasteiger partial charge in [0.15, 0.2) is 11.6 Å². The molecule has 5 heteroatoms. The Labute approximate surface area is 356 Å². The number of rotatable bonds is 5. The minimum absolute atomic E-state index is 0.559. The van der Waals surface area contributed by atoms with Gasteiger partial charge in [0.05, 0.1) is 27.8 Å². The van der Waals surface area contributed by atoms with Crippen LogP contribution in [0.4, 0.5) is 0 Å². The van der Waals surface area contributed by atoms with Crippen LogP contribution >= 0.6 is 0 Å². The molecular weight excluding hydrogens is 755 g/mol. The van der Waals surface area contributed by atoms with E-state index in [-0.39, 0.29) is 0 Å². The first kappa shape index (κ1) is 34.5. The van der Waals surface area contributed by atoms with Crippen molar-refractivity contribution in [3.63, 3.8) is 0 Å². The molecule has 0 fully saturated rings. The van der Waals surface area contributed by atoms with Gasteiger partial charge >= 0.3 is 0 Å². The molecule has 62 heavy (non-hydrogen) atoms. The largest absolute Gasteiger partial charge is 0.307 e. The zero-order chi connectivity index (χ0) is 40.7. The molecule has 0 aliphatic heterocycles. The van der Waals surface area contributed by atoms with E-state index in [0.717, 1.165) is 66.2 Å². The number of nitrogens with zero attached hydrogens (tertiary/aromatic N) is 5. The summed E-state index contributed by atoms with van der Waals surface area (Å²) in [7, 11) is 0. The average Bonchev–Trinajstić information content (AvgIpc) is 3.87. The van der Waals surface area contributed by atoms with Crippen LogP contribution in [0.15, 0.2) is 212 Å². The molecular formula is C57H35N5. The summed E-state index contributed by atoms with van der Waals surface area (Å²) in [6, 6.07) is 75.6. The van der Waals surface area contributed by atoms with Gasteiger partial charge in [-0.05, 0) is 62.3 Å². The van der Waals surface area contributed by atoms with Crippen LogP contribution in [0.2, 0.25) is 0 Å². The second-order valence-electron chi connectivity index (χ2n) is 15.9. The van der Waals surface area contributed by atoms with Crippen molar-refractivity contribution in [1.82, 2.24) is 24.1 Å². The second kappa shape index (κ2) is 13.6. The normalized spacial score (nSPS) is 11.9. The van der Waals surface area contributed by atoms with Crippen LogP contribution in [-0.2, 0) is 0 Å². The monoisotopic (exact) mass is 789 g/mol. The lowest BCUT2D eigenvalue weighted by Crippen LogP contribution is -2.07. The van der Waals surface area contributed by atoms with E-state index in [1.165, 1.54) is 37.7 Å². The highest BCUT2D eigenvalue weighted by molar-refractivity contribution is 6.29. The quantitative estimate of drug-likeness (QED) is 0.163. The molecule has 13 aromatic rings. The average molecular weight is 790 g/mol. The number of fused-ring (bicyclic) bond motifs is 13. The first-order valence-electron chi connectivity index (χ1n) is 21.0. The summed E-state index contributed by atoms with van der Waals surface area (Å²) >= 11 is 0. The summed E-state index contributed by atoms with van der Waals surface area (Å²) in [4.78, 5) is 16.0. The van der Waals surface area contributed by atoms with E-state index in [1.807, 2.05) is 24.3 Å². The Hall–Kier alpha value is -8.41. The van der Waals surface area contributed by atoms with E-state index >= 15 is 0 Å². The van der Waals surface area contributed by atoms with Crippen molar-refractivity contribution in [1.29, 1.82) is 0 Å². The lowest BCUT2D eigenvalue weighted by molar-refractivity contribution is 0.953. The molecule has 3 heterocycles. The summed E-state index contributed by atoms with van der Waals surface area (Å²) in [6.07, 6.45) is 0. The molecule has 288 valence electrons. The van der Waals surface area contributed by atoms with Crippen LogP contribution in [0.25, 0.3) is 121 Å². The Morgan fingerprint density at radius 3 is 1.35 bits per heavy atom. The third-order valence-electron chi connectivity index (χ3n) is 12.5. The topological polar surface area (TPSA) is 48.5 Å². The molecule has 0 aliphatic carbocycles. The van der Waals surface area contributed by atoms with Gasteiger partial charge in [0.1, 0.15) is 0 Å². The van der Waals surface area contributed by atoms with Crippen molar-refractivity contribution in [2.24, 2.45) is 0 Å². The van der Waals surface area contributed by atoms with Crippen molar-refractivity contribution in [3.8, 4) is 45.5 Å². The van der Waals surface area contributed by atoms with Crippen molar-refractivity contribution in [3.05, 3.63) is 212 Å². The van der Waals surface area contributed by atoms with Crippen molar-refractivity contribution in [2.45, 2.75) is 0 Å². The van der Waals surface area contributed by atoms with Crippen LogP contribution in [0.5, 0.6) is 0 Å². The number of hydrogen-bond donors (Lipinski definition) is 0. The second-order valence-corrected chi connectivity index (χ2v) is 15.9. The summed E-state index contributed by atoms with van der Waals surface area (Å²) in [5.74, 6) is 1.78. The molecule has 0 saturated carbocycles. The van der Waals surface area contributed by atoms with Gasteiger partial charge in [0.25, 0.3) is 0 Å². The van der Waals surface area contributed by atoms with Crippen LogP contribution in [0.1, 0.15) is 0 Å². The third kappa shape index (κ3) is 5.12. The zero-order valence-electron chi connectivity index (χ0n) is 33.4. The lowest BCUT2D eigenvalue weighted by Gasteiger charge is -2.17. The minimum Gasteiger partial charge on any atom is -0.307 e. The van der Waals surface area contributed by atoms with Gasteiger partial charge in [0.2, 0.25) is 5.95 Å². The molecule has 13 rings (SSSR count). The van der Waals surface area contributed by atoms with E-state index in [0.29, 0.717) is 17.6 Å². The zero-order valence-corrected chi connectivity index (χ0v) is 33.4. The molecule has 0 unspecified atom stereocenters. The summed E-state index contributed by atoms with van der Waals surface area (Å²) in [6.45, 7) is 0. The third-order valence-corrected chi connectivity index (χ3v) is 12.5.